The third-order valence-electron chi connectivity index (χ3n) is 21.9. The molecular formula is C112H128N2O26. The highest BCUT2D eigenvalue weighted by Crippen LogP contribution is 2.39. The van der Waals surface area contributed by atoms with Crippen molar-refractivity contribution in [2.45, 2.75) is 206 Å². The highest BCUT2D eigenvalue weighted by atomic mass is 16.6. The molecular weight excluding hydrogens is 1790 g/mol. The number of hydrogen-bond donors (Lipinski definition) is 0. The van der Waals surface area contributed by atoms with Crippen LogP contribution in [0.25, 0.3) is 22.5 Å². The maximum absolute atomic E-state index is 15.2. The van der Waals surface area contributed by atoms with Crippen molar-refractivity contribution in [3.05, 3.63) is 266 Å². The Morgan fingerprint density at radius 2 is 0.471 bits per heavy atom. The Morgan fingerprint density at radius 3 is 0.771 bits per heavy atom. The summed E-state index contributed by atoms with van der Waals surface area (Å²) in [6.45, 7) is 21.3. The number of esters is 10. The average molecular weight is 1920 g/mol. The summed E-state index contributed by atoms with van der Waals surface area (Å²) in [5, 5.41) is 0. The van der Waals surface area contributed by atoms with Gasteiger partial charge in [-0.15, -0.1) is 0 Å². The van der Waals surface area contributed by atoms with E-state index in [1.54, 1.807) is 116 Å². The first-order chi connectivity index (χ1) is 68.3. The topological polar surface area (TPSA) is 344 Å². The lowest BCUT2D eigenvalue weighted by Gasteiger charge is -2.16. The Labute approximate surface area is 819 Å². The normalized spacial score (nSPS) is 10.8. The Bertz CT molecular complexity index is 5120. The van der Waals surface area contributed by atoms with E-state index in [1.165, 1.54) is 66.7 Å². The Hall–Kier alpha value is -14.7. The van der Waals surface area contributed by atoms with E-state index < -0.39 is 59.7 Å². The van der Waals surface area contributed by atoms with Crippen LogP contribution in [0, 0.1) is 0 Å². The molecule has 0 saturated heterocycles. The third-order valence-corrected chi connectivity index (χ3v) is 21.9. The number of carbonyl (C=O) groups excluding carboxylic acids is 10. The lowest BCUT2D eigenvalue weighted by molar-refractivity contribution is -0.138. The van der Waals surface area contributed by atoms with Crippen molar-refractivity contribution in [2.24, 2.45) is 0 Å². The molecule has 0 amide bonds. The molecule has 8 aromatic carbocycles. The molecule has 0 bridgehead atoms. The van der Waals surface area contributed by atoms with Gasteiger partial charge in [0.05, 0.1) is 88.3 Å². The Kier molecular flexibility index (Phi) is 49.0. The van der Waals surface area contributed by atoms with Crippen LogP contribution in [0.5, 0.6) is 69.0 Å². The molecule has 140 heavy (non-hydrogen) atoms. The van der Waals surface area contributed by atoms with Gasteiger partial charge in [0.25, 0.3) is 0 Å². The third kappa shape index (κ3) is 39.8. The van der Waals surface area contributed by atoms with Gasteiger partial charge in [0.15, 0.2) is 28.8 Å². The van der Waals surface area contributed by atoms with E-state index in [0.717, 1.165) is 178 Å². The molecule has 0 aliphatic heterocycles. The first-order valence-electron chi connectivity index (χ1n) is 48.4. The molecule has 0 unspecified atom stereocenters. The molecule has 0 aliphatic carbocycles. The van der Waals surface area contributed by atoms with E-state index in [9.17, 15) is 38.4 Å². The van der Waals surface area contributed by atoms with E-state index >= 15 is 9.59 Å². The van der Waals surface area contributed by atoms with Crippen LogP contribution >= 0.6 is 0 Å². The molecule has 0 atom stereocenters. The summed E-state index contributed by atoms with van der Waals surface area (Å²) >= 11 is 0. The van der Waals surface area contributed by atoms with Crippen LogP contribution in [0.1, 0.15) is 269 Å². The van der Waals surface area contributed by atoms with Crippen LogP contribution in [-0.2, 0) is 38.1 Å². The number of unbranched alkanes of at least 4 members (excludes halogenated alkanes) is 24. The monoisotopic (exact) mass is 1920 g/mol. The van der Waals surface area contributed by atoms with Crippen LogP contribution in [0.3, 0.4) is 0 Å². The van der Waals surface area contributed by atoms with Gasteiger partial charge in [-0.25, -0.2) is 57.9 Å². The minimum Gasteiger partial charge on any atom is -0.494 e. The van der Waals surface area contributed by atoms with Gasteiger partial charge >= 0.3 is 59.7 Å². The SMILES string of the molecule is C=CC(=O)OCCCCCCOc1ccc(C(=O)Oc2ccc(OC(=O)c3ccc(OCCCCCCOC(=O)C=C)cc3)c(C(=O)Oc3cc(-c4cnc(-c5ccc(OCCCCCCCCC)c(OC(=O)c6cc(OC(=O)c7ccc(OCCCCCCOC(=O)C=C)cc7)ccc6OC(=O)c6ccc(OCCCCCCOC(=O)C=C)cc6)c5)nc4)ccc3OCCCCCCCCC)c2)cc1. The summed E-state index contributed by atoms with van der Waals surface area (Å²) in [7, 11) is 0. The van der Waals surface area contributed by atoms with Crippen LogP contribution < -0.4 is 56.8 Å². The molecule has 9 aromatic rings. The van der Waals surface area contributed by atoms with Gasteiger partial charge in [-0.1, -0.05) is 123 Å². The molecule has 0 saturated carbocycles. The van der Waals surface area contributed by atoms with Crippen LogP contribution in [0.15, 0.2) is 233 Å². The van der Waals surface area contributed by atoms with Crippen molar-refractivity contribution in [1.29, 1.82) is 0 Å². The van der Waals surface area contributed by atoms with Crippen molar-refractivity contribution in [1.82, 2.24) is 9.97 Å². The van der Waals surface area contributed by atoms with Gasteiger partial charge in [0, 0.05) is 47.8 Å². The summed E-state index contributed by atoms with van der Waals surface area (Å²) in [4.78, 5) is 142. The molecule has 0 aliphatic rings. The lowest BCUT2D eigenvalue weighted by atomic mass is 10.1. The summed E-state index contributed by atoms with van der Waals surface area (Å²) < 4.78 is 93.4. The second-order valence-corrected chi connectivity index (χ2v) is 32.8. The second-order valence-electron chi connectivity index (χ2n) is 32.8. The highest BCUT2D eigenvalue weighted by Gasteiger charge is 2.27. The average Bonchev–Trinajstić information content (AvgIpc) is 0.801. The molecule has 1 aromatic heterocycles. The zero-order chi connectivity index (χ0) is 99.5. The van der Waals surface area contributed by atoms with Crippen molar-refractivity contribution >= 4 is 59.7 Å². The second kappa shape index (κ2) is 62.9. The number of rotatable bonds is 68. The maximum Gasteiger partial charge on any atom is 0.347 e. The first kappa shape index (κ1) is 109. The molecule has 0 fully saturated rings. The quantitative estimate of drug-likeness (QED) is 0.0112. The number of benzene rings is 8. The van der Waals surface area contributed by atoms with E-state index in [0.29, 0.717) is 131 Å². The van der Waals surface area contributed by atoms with Crippen LogP contribution in [0.2, 0.25) is 0 Å². The van der Waals surface area contributed by atoms with E-state index in [1.807, 2.05) is 0 Å². The van der Waals surface area contributed by atoms with Crippen molar-refractivity contribution in [2.75, 3.05) is 66.1 Å². The van der Waals surface area contributed by atoms with Crippen molar-refractivity contribution < 1.29 is 124 Å². The molecule has 28 nitrogen and oxygen atoms in total. The van der Waals surface area contributed by atoms with Gasteiger partial charge in [-0.2, -0.15) is 0 Å². The van der Waals surface area contributed by atoms with Crippen molar-refractivity contribution in [3.63, 3.8) is 0 Å². The molecule has 0 radical (unpaired) electrons. The van der Waals surface area contributed by atoms with E-state index in [4.69, 9.17) is 85.8 Å². The van der Waals surface area contributed by atoms with Gasteiger partial charge in [-0.3, -0.25) is 0 Å². The number of hydrogen-bond acceptors (Lipinski definition) is 28. The minimum absolute atomic E-state index is 0.0419. The molecule has 9 rings (SSSR count). The Morgan fingerprint density at radius 1 is 0.229 bits per heavy atom. The number of carbonyl (C=O) groups is 10. The molecule has 28 heteroatoms. The van der Waals surface area contributed by atoms with Crippen molar-refractivity contribution in [3.8, 4) is 91.5 Å². The summed E-state index contributed by atoms with van der Waals surface area (Å²) in [6, 6.07) is 43.0. The fourth-order valence-corrected chi connectivity index (χ4v) is 14.1. The van der Waals surface area contributed by atoms with Crippen LogP contribution in [0.4, 0.5) is 0 Å². The summed E-state index contributed by atoms with van der Waals surface area (Å²) in [5.74, 6) is -5.38. The predicted octanol–water partition coefficient (Wildman–Crippen LogP) is 24.1. The first-order valence-corrected chi connectivity index (χ1v) is 48.4. The van der Waals surface area contributed by atoms with Gasteiger partial charge in [0.1, 0.15) is 57.1 Å². The fourth-order valence-electron chi connectivity index (χ4n) is 14.1. The lowest BCUT2D eigenvalue weighted by Crippen LogP contribution is -2.16. The molecule has 0 spiro atoms. The maximum atomic E-state index is 15.2. The van der Waals surface area contributed by atoms with E-state index in [2.05, 4.69) is 40.2 Å². The number of aromatic nitrogens is 2. The highest BCUT2D eigenvalue weighted by molar-refractivity contribution is 6.00. The summed E-state index contributed by atoms with van der Waals surface area (Å²) in [5.41, 5.74) is 1.22. The number of ether oxygens (including phenoxy) is 16. The summed E-state index contributed by atoms with van der Waals surface area (Å²) in [6.07, 6.45) is 34.0. The smallest absolute Gasteiger partial charge is 0.347 e. The zero-order valence-electron chi connectivity index (χ0n) is 80.3. The molecule has 0 N–H and O–H groups in total. The van der Waals surface area contributed by atoms with Gasteiger partial charge < -0.3 is 75.8 Å². The molecule has 742 valence electrons. The standard InChI is InChI=1S/C112H128N2O26/c1-7-13-15-17-19-21-35-69-129-98-61-49-85(75-100(98)139-111(123)94-77-92(135-107(119)81-41-51-88(52-42-81)125-65-31-23-27-37-71-131-102(115)9-3)59-63-96(94)137-109(121)83-45-55-90(56-46-83)127-67-33-25-29-39-73-133-104(117)11-5)87-79-113-106(114-80-87)86-50-62-99(130-70-36-22-20-18-16-14-8-2)101(76-86)140-112(124)95-78-93(136-108(120)82-43-53-89(54-44-82)126-66-32-24-28-38-72-132-103(116)10-4)60-64-97(95)138-110(122)84-47-57-91(58-48-84)128-68-34-26-30-40-74-134-105(118)12-6/h9-12,41-64,75-80H,3-8,13-40,65-74H2,1-2H3. The van der Waals surface area contributed by atoms with Gasteiger partial charge in [0.2, 0.25) is 0 Å². The Balaban J connectivity index is 0.979. The zero-order valence-corrected chi connectivity index (χ0v) is 80.3. The minimum atomic E-state index is -1.04. The van der Waals surface area contributed by atoms with Crippen LogP contribution in [-0.4, -0.2) is 136 Å². The predicted molar refractivity (Wildman–Crippen MR) is 529 cm³/mol. The van der Waals surface area contributed by atoms with Gasteiger partial charge in [-0.05, 0) is 285 Å². The fraction of sp³-hybridized carbons (Fsp3) is 0.375. The largest absolute Gasteiger partial charge is 0.494 e. The molecule has 1 heterocycles. The number of nitrogens with zero attached hydrogens (tertiary/aromatic N) is 2. The van der Waals surface area contributed by atoms with E-state index in [-0.39, 0.29) is 98.4 Å².